The van der Waals surface area contributed by atoms with E-state index in [1.807, 2.05) is 6.92 Å². The monoisotopic (exact) mass is 309 g/mol. The lowest BCUT2D eigenvalue weighted by atomic mass is 10.2. The zero-order chi connectivity index (χ0) is 14.8. The van der Waals surface area contributed by atoms with Gasteiger partial charge in [-0.15, -0.1) is 11.3 Å². The molecule has 1 fully saturated rings. The number of hydrogen-bond donors (Lipinski definition) is 1. The first-order valence-electron chi connectivity index (χ1n) is 6.64. The molecule has 0 radical (unpaired) electrons. The maximum Gasteiger partial charge on any atom is 0.312 e. The van der Waals surface area contributed by atoms with Crippen LogP contribution in [0.25, 0.3) is 10.2 Å². The van der Waals surface area contributed by atoms with Gasteiger partial charge in [0.05, 0.1) is 26.8 Å². The summed E-state index contributed by atoms with van der Waals surface area (Å²) in [6.45, 7) is 4.29. The fourth-order valence-corrected chi connectivity index (χ4v) is 3.07. The molecule has 0 saturated carbocycles. The van der Waals surface area contributed by atoms with Crippen LogP contribution in [-0.2, 0) is 4.74 Å². The molecule has 1 atom stereocenters. The fourth-order valence-electron chi connectivity index (χ4n) is 2.23. The lowest BCUT2D eigenvalue weighted by molar-refractivity contribution is -0.385. The van der Waals surface area contributed by atoms with E-state index in [0.717, 1.165) is 21.8 Å². The molecule has 1 unspecified atom stereocenters. The number of fused-ring (bicyclic) bond motifs is 1. The molecule has 2 aromatic rings. The van der Waals surface area contributed by atoms with Gasteiger partial charge in [0.1, 0.15) is 12.7 Å². The zero-order valence-corrected chi connectivity index (χ0v) is 12.3. The minimum absolute atomic E-state index is 0.0325. The summed E-state index contributed by atoms with van der Waals surface area (Å²) in [5, 5.41) is 15.3. The van der Waals surface area contributed by atoms with Gasteiger partial charge in [-0.1, -0.05) is 0 Å². The van der Waals surface area contributed by atoms with Crippen molar-refractivity contribution in [3.05, 3.63) is 27.3 Å². The molecule has 2 heterocycles. The standard InChI is InChI=1S/C13H15N3O4S/c1-8-15-10-4-12(11(16(17)18)5-13(10)21-8)20-7-9-6-14-2-3-19-9/h4-5,9,14H,2-3,6-7H2,1H3. The summed E-state index contributed by atoms with van der Waals surface area (Å²) >= 11 is 1.43. The largest absolute Gasteiger partial charge is 0.484 e. The Labute approximate surface area is 125 Å². The highest BCUT2D eigenvalue weighted by molar-refractivity contribution is 7.18. The molecule has 1 aliphatic heterocycles. The van der Waals surface area contributed by atoms with E-state index in [-0.39, 0.29) is 24.1 Å². The van der Waals surface area contributed by atoms with Gasteiger partial charge >= 0.3 is 5.69 Å². The van der Waals surface area contributed by atoms with Crippen molar-refractivity contribution in [3.63, 3.8) is 0 Å². The summed E-state index contributed by atoms with van der Waals surface area (Å²) in [4.78, 5) is 15.1. The fraction of sp³-hybridized carbons (Fsp3) is 0.462. The number of aryl methyl sites for hydroxylation is 1. The van der Waals surface area contributed by atoms with E-state index in [4.69, 9.17) is 9.47 Å². The van der Waals surface area contributed by atoms with Gasteiger partial charge in [0.2, 0.25) is 0 Å². The Morgan fingerprint density at radius 2 is 2.48 bits per heavy atom. The highest BCUT2D eigenvalue weighted by atomic mass is 32.1. The first-order valence-corrected chi connectivity index (χ1v) is 7.46. The molecule has 1 aromatic carbocycles. The van der Waals surface area contributed by atoms with Gasteiger partial charge in [0, 0.05) is 25.2 Å². The Bertz CT molecular complexity index is 667. The Morgan fingerprint density at radius 3 is 3.19 bits per heavy atom. The molecule has 3 rings (SSSR count). The number of nitrogens with zero attached hydrogens (tertiary/aromatic N) is 2. The quantitative estimate of drug-likeness (QED) is 0.685. The smallest absolute Gasteiger partial charge is 0.312 e. The molecule has 0 amide bonds. The van der Waals surface area contributed by atoms with Gasteiger partial charge in [-0.3, -0.25) is 10.1 Å². The molecule has 8 heteroatoms. The van der Waals surface area contributed by atoms with Crippen LogP contribution in [0, 0.1) is 17.0 Å². The second kappa shape index (κ2) is 5.92. The van der Waals surface area contributed by atoms with Crippen molar-refractivity contribution in [2.45, 2.75) is 13.0 Å². The van der Waals surface area contributed by atoms with Crippen molar-refractivity contribution >= 4 is 27.2 Å². The minimum atomic E-state index is -0.427. The normalized spacial score (nSPS) is 18.8. The van der Waals surface area contributed by atoms with E-state index in [2.05, 4.69) is 10.3 Å². The van der Waals surface area contributed by atoms with Crippen LogP contribution in [0.3, 0.4) is 0 Å². The molecule has 1 N–H and O–H groups in total. The van der Waals surface area contributed by atoms with Gasteiger partial charge in [-0.05, 0) is 6.92 Å². The molecule has 112 valence electrons. The van der Waals surface area contributed by atoms with Crippen LogP contribution in [0.15, 0.2) is 12.1 Å². The number of rotatable bonds is 4. The maximum atomic E-state index is 11.2. The van der Waals surface area contributed by atoms with Crippen LogP contribution in [-0.4, -0.2) is 42.3 Å². The molecule has 0 spiro atoms. The summed E-state index contributed by atoms with van der Waals surface area (Å²) in [5.74, 6) is 0.243. The van der Waals surface area contributed by atoms with E-state index in [1.165, 1.54) is 17.4 Å². The average Bonchev–Trinajstić information content (AvgIpc) is 2.84. The van der Waals surface area contributed by atoms with Crippen molar-refractivity contribution in [2.75, 3.05) is 26.3 Å². The van der Waals surface area contributed by atoms with Crippen molar-refractivity contribution in [3.8, 4) is 5.75 Å². The third-order valence-corrected chi connectivity index (χ3v) is 4.14. The topological polar surface area (TPSA) is 86.5 Å². The van der Waals surface area contributed by atoms with Crippen LogP contribution in [0.4, 0.5) is 5.69 Å². The summed E-state index contributed by atoms with van der Waals surface area (Å²) < 4.78 is 11.9. The number of nitro benzene ring substituents is 1. The van der Waals surface area contributed by atoms with Crippen molar-refractivity contribution in [1.29, 1.82) is 0 Å². The number of aromatic nitrogens is 1. The number of morpholine rings is 1. The number of hydrogen-bond acceptors (Lipinski definition) is 7. The molecule has 1 saturated heterocycles. The van der Waals surface area contributed by atoms with Gasteiger partial charge < -0.3 is 14.8 Å². The molecular weight excluding hydrogens is 294 g/mol. The Kier molecular flexibility index (Phi) is 4.00. The number of nitrogens with one attached hydrogen (secondary N) is 1. The van der Waals surface area contributed by atoms with Crippen LogP contribution in [0.1, 0.15) is 5.01 Å². The summed E-state index contributed by atoms with van der Waals surface area (Å²) in [5.41, 5.74) is 0.690. The van der Waals surface area contributed by atoms with Crippen molar-refractivity contribution in [2.24, 2.45) is 0 Å². The van der Waals surface area contributed by atoms with Crippen LogP contribution in [0.2, 0.25) is 0 Å². The molecule has 0 bridgehead atoms. The summed E-state index contributed by atoms with van der Waals surface area (Å²) in [6.07, 6.45) is -0.0915. The zero-order valence-electron chi connectivity index (χ0n) is 11.5. The summed E-state index contributed by atoms with van der Waals surface area (Å²) in [6, 6.07) is 3.16. The first-order chi connectivity index (χ1) is 10.1. The van der Waals surface area contributed by atoms with E-state index in [0.29, 0.717) is 13.2 Å². The maximum absolute atomic E-state index is 11.2. The molecule has 7 nitrogen and oxygen atoms in total. The lowest BCUT2D eigenvalue weighted by Gasteiger charge is -2.23. The molecule has 1 aliphatic rings. The van der Waals surface area contributed by atoms with E-state index in [1.54, 1.807) is 6.07 Å². The number of benzene rings is 1. The Balaban J connectivity index is 1.84. The average molecular weight is 309 g/mol. The highest BCUT2D eigenvalue weighted by Gasteiger charge is 2.21. The second-order valence-electron chi connectivity index (χ2n) is 4.79. The van der Waals surface area contributed by atoms with Crippen LogP contribution in [0.5, 0.6) is 5.75 Å². The SMILES string of the molecule is Cc1nc2cc(OCC3CNCCO3)c([N+](=O)[O-])cc2s1. The van der Waals surface area contributed by atoms with E-state index in [9.17, 15) is 10.1 Å². The Morgan fingerprint density at radius 1 is 1.62 bits per heavy atom. The van der Waals surface area contributed by atoms with Gasteiger partial charge in [0.25, 0.3) is 0 Å². The Hall–Kier alpha value is -1.77. The minimum Gasteiger partial charge on any atom is -0.484 e. The first kappa shape index (κ1) is 14.2. The third-order valence-electron chi connectivity index (χ3n) is 3.20. The highest BCUT2D eigenvalue weighted by Crippen LogP contribution is 2.34. The number of ether oxygens (including phenoxy) is 2. The summed E-state index contributed by atoms with van der Waals surface area (Å²) in [7, 11) is 0. The number of thiazole rings is 1. The molecule has 0 aliphatic carbocycles. The predicted octanol–water partition coefficient (Wildman–Crippen LogP) is 1.88. The van der Waals surface area contributed by atoms with E-state index < -0.39 is 4.92 Å². The molecule has 21 heavy (non-hydrogen) atoms. The van der Waals surface area contributed by atoms with Gasteiger partial charge in [-0.25, -0.2) is 4.98 Å². The van der Waals surface area contributed by atoms with Crippen molar-refractivity contribution in [1.82, 2.24) is 10.3 Å². The van der Waals surface area contributed by atoms with Crippen LogP contribution < -0.4 is 10.1 Å². The van der Waals surface area contributed by atoms with E-state index >= 15 is 0 Å². The predicted molar refractivity (Wildman–Crippen MR) is 79.1 cm³/mol. The number of nitro groups is 1. The van der Waals surface area contributed by atoms with Gasteiger partial charge in [0.15, 0.2) is 5.75 Å². The molecule has 1 aromatic heterocycles. The van der Waals surface area contributed by atoms with Crippen LogP contribution >= 0.6 is 11.3 Å². The third kappa shape index (κ3) is 3.12. The van der Waals surface area contributed by atoms with Crippen molar-refractivity contribution < 1.29 is 14.4 Å². The van der Waals surface area contributed by atoms with Gasteiger partial charge in [-0.2, -0.15) is 0 Å². The molecular formula is C13H15N3O4S. The lowest BCUT2D eigenvalue weighted by Crippen LogP contribution is -2.41. The second-order valence-corrected chi connectivity index (χ2v) is 6.02.